The Bertz CT molecular complexity index is 1040. The number of urea groups is 1. The molecule has 1 N–H and O–H groups in total. The van der Waals surface area contributed by atoms with Crippen LogP contribution in [0.25, 0.3) is 11.1 Å². The first-order valence-electron chi connectivity index (χ1n) is 9.07. The number of hydrogen-bond acceptors (Lipinski definition) is 4. The Labute approximate surface area is 165 Å². The minimum absolute atomic E-state index is 0.302. The molecule has 4 rings (SSSR count). The van der Waals surface area contributed by atoms with Crippen LogP contribution in [-0.2, 0) is 11.8 Å². The van der Waals surface area contributed by atoms with Crippen molar-refractivity contribution in [1.82, 2.24) is 19.7 Å². The van der Waals surface area contributed by atoms with Crippen LogP contribution in [-0.4, -0.2) is 45.5 Å². The third kappa shape index (κ3) is 3.95. The maximum Gasteiger partial charge on any atom is 0.322 e. The smallest absolute Gasteiger partial charge is 0.322 e. The van der Waals surface area contributed by atoms with Gasteiger partial charge in [-0.1, -0.05) is 18.2 Å². The highest BCUT2D eigenvalue weighted by Gasteiger charge is 2.31. The standard InChI is InChI=1S/C20H19F2N5O2/c1-26-19(23-12-24-26)18-11-29-8-7-27(18)20(28)25-15-4-2-3-13(9-15)14-5-6-16(21)17(22)10-14/h2-6,9-10,12,18H,7-8,11H2,1H3,(H,25,28). The zero-order chi connectivity index (χ0) is 20.4. The molecule has 2 aromatic carbocycles. The highest BCUT2D eigenvalue weighted by molar-refractivity contribution is 5.90. The fourth-order valence-electron chi connectivity index (χ4n) is 3.32. The molecule has 1 fully saturated rings. The monoisotopic (exact) mass is 399 g/mol. The molecule has 0 aliphatic carbocycles. The van der Waals surface area contributed by atoms with Crippen molar-refractivity contribution in [3.8, 4) is 11.1 Å². The van der Waals surface area contributed by atoms with Gasteiger partial charge in [-0.15, -0.1) is 0 Å². The molecule has 29 heavy (non-hydrogen) atoms. The van der Waals surface area contributed by atoms with Gasteiger partial charge in [0, 0.05) is 19.3 Å². The molecule has 2 amide bonds. The van der Waals surface area contributed by atoms with Crippen LogP contribution in [0.5, 0.6) is 0 Å². The molecule has 2 heterocycles. The molecular formula is C20H19F2N5O2. The van der Waals surface area contributed by atoms with Gasteiger partial charge in [-0.05, 0) is 35.4 Å². The fraction of sp³-hybridized carbons (Fsp3) is 0.250. The normalized spacial score (nSPS) is 16.7. The maximum absolute atomic E-state index is 13.6. The zero-order valence-electron chi connectivity index (χ0n) is 15.7. The van der Waals surface area contributed by atoms with E-state index in [1.165, 1.54) is 12.4 Å². The summed E-state index contributed by atoms with van der Waals surface area (Å²) in [5, 5.41) is 6.93. The molecule has 1 aliphatic rings. The van der Waals surface area contributed by atoms with Crippen molar-refractivity contribution in [1.29, 1.82) is 0 Å². The summed E-state index contributed by atoms with van der Waals surface area (Å²) in [5.41, 5.74) is 1.72. The Hall–Kier alpha value is -3.33. The summed E-state index contributed by atoms with van der Waals surface area (Å²) in [5.74, 6) is -1.19. The summed E-state index contributed by atoms with van der Waals surface area (Å²) in [4.78, 5) is 18.8. The number of ether oxygens (including phenoxy) is 1. The molecule has 1 aliphatic heterocycles. The van der Waals surface area contributed by atoms with Crippen molar-refractivity contribution in [2.24, 2.45) is 7.05 Å². The first-order valence-corrected chi connectivity index (χ1v) is 9.07. The van der Waals surface area contributed by atoms with Crippen LogP contribution < -0.4 is 5.32 Å². The topological polar surface area (TPSA) is 72.3 Å². The Kier molecular flexibility index (Phi) is 5.22. The van der Waals surface area contributed by atoms with Gasteiger partial charge in [-0.2, -0.15) is 5.10 Å². The first kappa shape index (κ1) is 19.0. The molecule has 0 saturated carbocycles. The summed E-state index contributed by atoms with van der Waals surface area (Å²) in [6, 6.07) is 9.99. The molecule has 3 aromatic rings. The second kappa shape index (κ2) is 7.96. The molecule has 7 nitrogen and oxygen atoms in total. The molecule has 0 spiro atoms. The number of hydrogen-bond donors (Lipinski definition) is 1. The van der Waals surface area contributed by atoms with E-state index in [1.807, 2.05) is 0 Å². The molecule has 1 aromatic heterocycles. The number of carbonyl (C=O) groups is 1. The highest BCUT2D eigenvalue weighted by Crippen LogP contribution is 2.26. The first-order chi connectivity index (χ1) is 14.0. The number of benzene rings is 2. The number of halogens is 2. The predicted molar refractivity (Wildman–Crippen MR) is 102 cm³/mol. The van der Waals surface area contributed by atoms with E-state index in [9.17, 15) is 13.6 Å². The molecule has 1 atom stereocenters. The van der Waals surface area contributed by atoms with Crippen molar-refractivity contribution in [3.63, 3.8) is 0 Å². The molecule has 1 unspecified atom stereocenters. The molecule has 0 bridgehead atoms. The van der Waals surface area contributed by atoms with Crippen LogP contribution >= 0.6 is 0 Å². The third-order valence-electron chi connectivity index (χ3n) is 4.80. The second-order valence-corrected chi connectivity index (χ2v) is 6.67. The minimum atomic E-state index is -0.920. The lowest BCUT2D eigenvalue weighted by Crippen LogP contribution is -2.46. The molecule has 1 saturated heterocycles. The van der Waals surface area contributed by atoms with Crippen LogP contribution in [0.2, 0.25) is 0 Å². The lowest BCUT2D eigenvalue weighted by atomic mass is 10.0. The number of morpholine rings is 1. The number of carbonyl (C=O) groups excluding carboxylic acids is 1. The van der Waals surface area contributed by atoms with E-state index in [4.69, 9.17) is 4.74 Å². The molecule has 9 heteroatoms. The van der Waals surface area contributed by atoms with Gasteiger partial charge < -0.3 is 15.0 Å². The number of nitrogens with one attached hydrogen (secondary N) is 1. The maximum atomic E-state index is 13.6. The van der Waals surface area contributed by atoms with E-state index < -0.39 is 11.6 Å². The van der Waals surface area contributed by atoms with Crippen molar-refractivity contribution in [3.05, 3.63) is 66.3 Å². The summed E-state index contributed by atoms with van der Waals surface area (Å²) in [7, 11) is 1.76. The number of amides is 2. The number of aromatic nitrogens is 3. The van der Waals surface area contributed by atoms with Crippen LogP contribution in [0.3, 0.4) is 0 Å². The number of nitrogens with zero attached hydrogens (tertiary/aromatic N) is 4. The fourth-order valence-corrected chi connectivity index (χ4v) is 3.32. The summed E-state index contributed by atoms with van der Waals surface area (Å²) >= 11 is 0. The lowest BCUT2D eigenvalue weighted by molar-refractivity contribution is 0.0105. The molecule has 0 radical (unpaired) electrons. The largest absolute Gasteiger partial charge is 0.377 e. The average molecular weight is 399 g/mol. The van der Waals surface area contributed by atoms with Crippen LogP contribution in [0, 0.1) is 11.6 Å². The van der Waals surface area contributed by atoms with Crippen molar-refractivity contribution in [2.45, 2.75) is 6.04 Å². The lowest BCUT2D eigenvalue weighted by Gasteiger charge is -2.34. The Morgan fingerprint density at radius 1 is 1.17 bits per heavy atom. The Morgan fingerprint density at radius 2 is 2.00 bits per heavy atom. The van der Waals surface area contributed by atoms with E-state index in [0.717, 1.165) is 12.1 Å². The summed E-state index contributed by atoms with van der Waals surface area (Å²) in [6.07, 6.45) is 1.44. The van der Waals surface area contributed by atoms with E-state index in [-0.39, 0.29) is 12.1 Å². The van der Waals surface area contributed by atoms with E-state index in [1.54, 1.807) is 40.9 Å². The average Bonchev–Trinajstić information content (AvgIpc) is 3.16. The van der Waals surface area contributed by atoms with E-state index in [2.05, 4.69) is 15.4 Å². The Morgan fingerprint density at radius 3 is 2.76 bits per heavy atom. The second-order valence-electron chi connectivity index (χ2n) is 6.67. The van der Waals surface area contributed by atoms with Gasteiger partial charge >= 0.3 is 6.03 Å². The van der Waals surface area contributed by atoms with Crippen molar-refractivity contribution in [2.75, 3.05) is 25.1 Å². The van der Waals surface area contributed by atoms with Gasteiger partial charge in [-0.3, -0.25) is 4.68 Å². The highest BCUT2D eigenvalue weighted by atomic mass is 19.2. The third-order valence-corrected chi connectivity index (χ3v) is 4.80. The van der Waals surface area contributed by atoms with Gasteiger partial charge in [0.2, 0.25) is 0 Å². The van der Waals surface area contributed by atoms with Gasteiger partial charge in [-0.25, -0.2) is 18.6 Å². The van der Waals surface area contributed by atoms with Crippen LogP contribution in [0.4, 0.5) is 19.3 Å². The SMILES string of the molecule is Cn1ncnc1C1COCCN1C(=O)Nc1cccc(-c2ccc(F)c(F)c2)c1. The minimum Gasteiger partial charge on any atom is -0.377 e. The quantitative estimate of drug-likeness (QED) is 0.733. The van der Waals surface area contributed by atoms with Gasteiger partial charge in [0.15, 0.2) is 17.5 Å². The van der Waals surface area contributed by atoms with Crippen LogP contribution in [0.15, 0.2) is 48.8 Å². The van der Waals surface area contributed by atoms with Crippen molar-refractivity contribution < 1.29 is 18.3 Å². The Balaban J connectivity index is 1.54. The molecular weight excluding hydrogens is 380 g/mol. The predicted octanol–water partition coefficient (Wildman–Crippen LogP) is 3.37. The summed E-state index contributed by atoms with van der Waals surface area (Å²) < 4.78 is 33.9. The zero-order valence-corrected chi connectivity index (χ0v) is 15.7. The van der Waals surface area contributed by atoms with Gasteiger partial charge in [0.25, 0.3) is 0 Å². The van der Waals surface area contributed by atoms with Crippen molar-refractivity contribution >= 4 is 11.7 Å². The molecule has 150 valence electrons. The van der Waals surface area contributed by atoms with E-state index >= 15 is 0 Å². The van der Waals surface area contributed by atoms with Gasteiger partial charge in [0.1, 0.15) is 12.4 Å². The number of rotatable bonds is 3. The number of aryl methyl sites for hydroxylation is 1. The number of anilines is 1. The van der Waals surface area contributed by atoms with E-state index in [0.29, 0.717) is 42.4 Å². The van der Waals surface area contributed by atoms with Gasteiger partial charge in [0.05, 0.1) is 13.2 Å². The van der Waals surface area contributed by atoms with Crippen LogP contribution in [0.1, 0.15) is 11.9 Å². The summed E-state index contributed by atoms with van der Waals surface area (Å²) in [6.45, 7) is 1.16.